The molecule has 0 saturated heterocycles. The van der Waals surface area contributed by atoms with Crippen molar-refractivity contribution in [2.75, 3.05) is 9.80 Å². The first-order valence-corrected chi connectivity index (χ1v) is 16.1. The number of para-hydroxylation sites is 2. The number of hydrogen-bond donors (Lipinski definition) is 0. The lowest BCUT2D eigenvalue weighted by Crippen LogP contribution is -2.16. The molecule has 0 N–H and O–H groups in total. The van der Waals surface area contributed by atoms with Gasteiger partial charge in [0.1, 0.15) is 5.82 Å². The van der Waals surface area contributed by atoms with E-state index in [9.17, 15) is 0 Å². The molecule has 226 valence electrons. The van der Waals surface area contributed by atoms with Crippen molar-refractivity contribution in [1.29, 1.82) is 0 Å². The van der Waals surface area contributed by atoms with Gasteiger partial charge in [-0.3, -0.25) is 4.90 Å². The maximum absolute atomic E-state index is 4.78. The van der Waals surface area contributed by atoms with Gasteiger partial charge in [0.05, 0.1) is 0 Å². The highest BCUT2D eigenvalue weighted by Gasteiger charge is 2.35. The maximum Gasteiger partial charge on any atom is 0.137 e. The van der Waals surface area contributed by atoms with Gasteiger partial charge in [-0.2, -0.15) is 0 Å². The highest BCUT2D eigenvalue weighted by molar-refractivity contribution is 5.85. The molecule has 3 heteroatoms. The monoisotopic (exact) mass is 605 g/mol. The van der Waals surface area contributed by atoms with Crippen LogP contribution in [-0.4, -0.2) is 4.98 Å². The summed E-state index contributed by atoms with van der Waals surface area (Å²) in [6, 6.07) is 60.4. The van der Waals surface area contributed by atoms with E-state index in [1.54, 1.807) is 0 Å². The van der Waals surface area contributed by atoms with Gasteiger partial charge in [-0.15, -0.1) is 0 Å². The van der Waals surface area contributed by atoms with E-state index < -0.39 is 0 Å². The fraction of sp³-hybridized carbons (Fsp3) is 0.0682. The Morgan fingerprint density at radius 3 is 1.49 bits per heavy atom. The zero-order valence-electron chi connectivity index (χ0n) is 26.6. The average molecular weight is 606 g/mol. The summed E-state index contributed by atoms with van der Waals surface area (Å²) in [4.78, 5) is 9.32. The van der Waals surface area contributed by atoms with Crippen LogP contribution in [0, 0.1) is 0 Å². The van der Waals surface area contributed by atoms with Crippen LogP contribution in [0.15, 0.2) is 176 Å². The summed E-state index contributed by atoms with van der Waals surface area (Å²) in [5.41, 5.74) is 13.2. The second kappa shape index (κ2) is 11.8. The fourth-order valence-corrected chi connectivity index (χ4v) is 6.94. The molecule has 0 aliphatic heterocycles. The van der Waals surface area contributed by atoms with Gasteiger partial charge in [-0.25, -0.2) is 4.98 Å². The minimum absolute atomic E-state index is 0.0790. The van der Waals surface area contributed by atoms with Gasteiger partial charge >= 0.3 is 0 Å². The first kappa shape index (κ1) is 28.5. The van der Waals surface area contributed by atoms with E-state index in [1.165, 1.54) is 27.8 Å². The van der Waals surface area contributed by atoms with Crippen molar-refractivity contribution < 1.29 is 0 Å². The molecule has 0 radical (unpaired) electrons. The van der Waals surface area contributed by atoms with E-state index in [2.05, 4.69) is 181 Å². The molecule has 0 amide bonds. The van der Waals surface area contributed by atoms with Gasteiger partial charge in [-0.1, -0.05) is 111 Å². The molecule has 3 nitrogen and oxygen atoms in total. The van der Waals surface area contributed by atoms with Crippen molar-refractivity contribution >= 4 is 34.3 Å². The van der Waals surface area contributed by atoms with E-state index in [-0.39, 0.29) is 5.41 Å². The van der Waals surface area contributed by atoms with E-state index >= 15 is 0 Å². The Morgan fingerprint density at radius 2 is 0.894 bits per heavy atom. The highest BCUT2D eigenvalue weighted by atomic mass is 15.2. The molecular formula is C44H35N3. The number of pyridine rings is 1. The largest absolute Gasteiger partial charge is 0.311 e. The van der Waals surface area contributed by atoms with Crippen molar-refractivity contribution in [3.63, 3.8) is 0 Å². The molecule has 0 atom stereocenters. The Labute approximate surface area is 277 Å². The molecule has 47 heavy (non-hydrogen) atoms. The molecule has 0 unspecified atom stereocenters. The normalized spacial score (nSPS) is 12.6. The molecule has 0 spiro atoms. The van der Waals surface area contributed by atoms with Crippen LogP contribution >= 0.6 is 0 Å². The molecule has 0 bridgehead atoms. The molecule has 1 aliphatic rings. The number of aromatic nitrogens is 1. The molecule has 0 fully saturated rings. The zero-order chi connectivity index (χ0) is 31.8. The molecule has 7 aromatic rings. The van der Waals surface area contributed by atoms with E-state index in [0.717, 1.165) is 39.8 Å². The Morgan fingerprint density at radius 1 is 0.404 bits per heavy atom. The van der Waals surface area contributed by atoms with E-state index in [0.29, 0.717) is 0 Å². The van der Waals surface area contributed by atoms with Crippen LogP contribution in [0.4, 0.5) is 34.3 Å². The molecule has 1 heterocycles. The minimum atomic E-state index is -0.0790. The summed E-state index contributed by atoms with van der Waals surface area (Å²) in [5, 5.41) is 0. The predicted molar refractivity (Wildman–Crippen MR) is 197 cm³/mol. The van der Waals surface area contributed by atoms with Crippen molar-refractivity contribution in [1.82, 2.24) is 4.98 Å². The maximum atomic E-state index is 4.78. The van der Waals surface area contributed by atoms with Gasteiger partial charge in [0, 0.05) is 40.0 Å². The summed E-state index contributed by atoms with van der Waals surface area (Å²) in [7, 11) is 0. The lowest BCUT2D eigenvalue weighted by atomic mass is 9.82. The number of fused-ring (bicyclic) bond motifs is 3. The van der Waals surface area contributed by atoms with Gasteiger partial charge in [-0.05, 0) is 106 Å². The molecule has 0 saturated carbocycles. The molecule has 8 rings (SSSR count). The first-order chi connectivity index (χ1) is 23.1. The fourth-order valence-electron chi connectivity index (χ4n) is 6.94. The van der Waals surface area contributed by atoms with Gasteiger partial charge in [0.2, 0.25) is 0 Å². The third-order valence-corrected chi connectivity index (χ3v) is 9.32. The Bertz CT molecular complexity index is 2100. The number of rotatable bonds is 7. The summed E-state index contributed by atoms with van der Waals surface area (Å²) >= 11 is 0. The van der Waals surface area contributed by atoms with Crippen LogP contribution in [0.2, 0.25) is 0 Å². The van der Waals surface area contributed by atoms with E-state index in [4.69, 9.17) is 4.98 Å². The lowest BCUT2D eigenvalue weighted by Gasteiger charge is -2.27. The molecule has 1 aromatic heterocycles. The smallest absolute Gasteiger partial charge is 0.137 e. The van der Waals surface area contributed by atoms with Gasteiger partial charge < -0.3 is 4.90 Å². The van der Waals surface area contributed by atoms with Crippen LogP contribution in [0.1, 0.15) is 25.0 Å². The molecule has 6 aromatic carbocycles. The van der Waals surface area contributed by atoms with Gasteiger partial charge in [0.15, 0.2) is 0 Å². The lowest BCUT2D eigenvalue weighted by molar-refractivity contribution is 0.660. The summed E-state index contributed by atoms with van der Waals surface area (Å²) in [6.07, 6.45) is 1.86. The number of benzene rings is 6. The van der Waals surface area contributed by atoms with Crippen LogP contribution in [0.25, 0.3) is 22.3 Å². The third kappa shape index (κ3) is 5.16. The van der Waals surface area contributed by atoms with Crippen LogP contribution in [0.5, 0.6) is 0 Å². The van der Waals surface area contributed by atoms with Crippen molar-refractivity contribution in [3.8, 4) is 22.3 Å². The van der Waals surface area contributed by atoms with Crippen molar-refractivity contribution in [2.24, 2.45) is 0 Å². The topological polar surface area (TPSA) is 19.4 Å². The second-order valence-corrected chi connectivity index (χ2v) is 12.5. The van der Waals surface area contributed by atoms with Crippen LogP contribution in [0.3, 0.4) is 0 Å². The number of nitrogens with zero attached hydrogens (tertiary/aromatic N) is 3. The summed E-state index contributed by atoms with van der Waals surface area (Å²) in [6.45, 7) is 4.65. The van der Waals surface area contributed by atoms with Crippen LogP contribution < -0.4 is 9.80 Å². The predicted octanol–water partition coefficient (Wildman–Crippen LogP) is 12.0. The van der Waals surface area contributed by atoms with Crippen molar-refractivity contribution in [2.45, 2.75) is 19.3 Å². The highest BCUT2D eigenvalue weighted by Crippen LogP contribution is 2.50. The third-order valence-electron chi connectivity index (χ3n) is 9.32. The van der Waals surface area contributed by atoms with Crippen molar-refractivity contribution in [3.05, 3.63) is 187 Å². The Hall–Kier alpha value is -5.93. The Kier molecular flexibility index (Phi) is 7.15. The second-order valence-electron chi connectivity index (χ2n) is 12.5. The standard InChI is InChI=1S/C44H35N3/c1-44(2)41-18-10-9-17-39(41)40-29-28-38(31-42(40)44)47(43-19-11-12-30-45-43)37-26-22-33(23-27-37)32-20-24-36(25-21-32)46(34-13-5-3-6-14-34)35-15-7-4-8-16-35/h3-31H,1-2H3. The SMILES string of the molecule is CC1(C)c2ccccc2-c2ccc(N(c3ccc(-c4ccc(N(c5ccccc5)c5ccccc5)cc4)cc3)c3ccccn3)cc21. The van der Waals surface area contributed by atoms with E-state index in [1.807, 2.05) is 18.3 Å². The molecule has 1 aliphatic carbocycles. The summed E-state index contributed by atoms with van der Waals surface area (Å²) < 4.78 is 0. The zero-order valence-corrected chi connectivity index (χ0v) is 26.6. The first-order valence-electron chi connectivity index (χ1n) is 16.1. The quantitative estimate of drug-likeness (QED) is 0.180. The van der Waals surface area contributed by atoms with Crippen LogP contribution in [-0.2, 0) is 5.41 Å². The minimum Gasteiger partial charge on any atom is -0.311 e. The average Bonchev–Trinajstić information content (AvgIpc) is 3.36. The molecular weight excluding hydrogens is 571 g/mol. The summed E-state index contributed by atoms with van der Waals surface area (Å²) in [5.74, 6) is 0.889. The van der Waals surface area contributed by atoms with Gasteiger partial charge in [0.25, 0.3) is 0 Å². The number of hydrogen-bond acceptors (Lipinski definition) is 3. The Balaban J connectivity index is 1.13. The number of anilines is 6.